The minimum absolute atomic E-state index is 0.230. The highest BCUT2D eigenvalue weighted by Crippen LogP contribution is 2.36. The van der Waals surface area contributed by atoms with Crippen LogP contribution in [0.4, 0.5) is 16.2 Å². The maximum atomic E-state index is 12.7. The number of aryl methyl sites for hydroxylation is 1. The van der Waals surface area contributed by atoms with E-state index in [-0.39, 0.29) is 13.0 Å². The number of benzene rings is 2. The van der Waals surface area contributed by atoms with Crippen LogP contribution in [-0.2, 0) is 20.7 Å². The van der Waals surface area contributed by atoms with Gasteiger partial charge in [0.2, 0.25) is 0 Å². The summed E-state index contributed by atoms with van der Waals surface area (Å²) < 4.78 is 10.7. The number of carboxylic acids is 1. The molecule has 0 aliphatic carbocycles. The van der Waals surface area contributed by atoms with Gasteiger partial charge in [-0.2, -0.15) is 0 Å². The molecule has 0 spiro atoms. The van der Waals surface area contributed by atoms with Crippen LogP contribution in [0.1, 0.15) is 32.8 Å². The standard InChI is InChI=1S/C23H26N2O6/c1-23(2,3)31-22(29)24-16-10-12-19-18(13-16)25(20(26)14-30-19)17(21(27)28)11-9-15-7-5-4-6-8-15/h4-8,10,12-13,17H,9,11,14H2,1-3H3,(H,24,29)(H,27,28). The number of rotatable bonds is 6. The molecule has 1 aliphatic rings. The number of amides is 2. The van der Waals surface area contributed by atoms with Crippen molar-refractivity contribution in [1.29, 1.82) is 0 Å². The van der Waals surface area contributed by atoms with Gasteiger partial charge in [0.1, 0.15) is 17.4 Å². The number of ether oxygens (including phenoxy) is 2. The second-order valence-electron chi connectivity index (χ2n) is 8.24. The van der Waals surface area contributed by atoms with E-state index in [1.165, 1.54) is 11.0 Å². The van der Waals surface area contributed by atoms with Crippen LogP contribution in [0.25, 0.3) is 0 Å². The van der Waals surface area contributed by atoms with Gasteiger partial charge in [-0.05, 0) is 57.4 Å². The van der Waals surface area contributed by atoms with Crippen LogP contribution in [0, 0.1) is 0 Å². The molecule has 1 unspecified atom stereocenters. The summed E-state index contributed by atoms with van der Waals surface area (Å²) in [6.07, 6.45) is 0.0722. The maximum Gasteiger partial charge on any atom is 0.412 e. The normalized spacial score (nSPS) is 14.3. The van der Waals surface area contributed by atoms with Gasteiger partial charge in [-0.1, -0.05) is 30.3 Å². The number of carbonyl (C=O) groups excluding carboxylic acids is 2. The van der Waals surface area contributed by atoms with Gasteiger partial charge in [0.25, 0.3) is 5.91 Å². The van der Waals surface area contributed by atoms with Crippen molar-refractivity contribution in [3.63, 3.8) is 0 Å². The molecule has 8 heteroatoms. The third kappa shape index (κ3) is 5.75. The van der Waals surface area contributed by atoms with Gasteiger partial charge in [-0.15, -0.1) is 0 Å². The minimum atomic E-state index is -1.11. The van der Waals surface area contributed by atoms with E-state index in [0.717, 1.165) is 5.56 Å². The Kier molecular flexibility index (Phi) is 6.48. The summed E-state index contributed by atoms with van der Waals surface area (Å²) in [4.78, 5) is 38.1. The number of carbonyl (C=O) groups is 3. The van der Waals surface area contributed by atoms with Crippen LogP contribution < -0.4 is 15.0 Å². The number of carboxylic acid groups (broad SMARTS) is 1. The molecule has 2 amide bonds. The first-order chi connectivity index (χ1) is 14.6. The summed E-state index contributed by atoms with van der Waals surface area (Å²) in [7, 11) is 0. The Morgan fingerprint density at radius 1 is 1.19 bits per heavy atom. The van der Waals surface area contributed by atoms with Crippen molar-refractivity contribution >= 4 is 29.3 Å². The number of aliphatic carboxylic acids is 1. The Morgan fingerprint density at radius 2 is 1.90 bits per heavy atom. The second-order valence-corrected chi connectivity index (χ2v) is 8.24. The van der Waals surface area contributed by atoms with E-state index in [4.69, 9.17) is 9.47 Å². The quantitative estimate of drug-likeness (QED) is 0.727. The van der Waals surface area contributed by atoms with E-state index in [0.29, 0.717) is 23.5 Å². The lowest BCUT2D eigenvalue weighted by Crippen LogP contribution is -2.49. The first-order valence-electron chi connectivity index (χ1n) is 10.00. The summed E-state index contributed by atoms with van der Waals surface area (Å²) in [6, 6.07) is 13.1. The Morgan fingerprint density at radius 3 is 2.55 bits per heavy atom. The average molecular weight is 426 g/mol. The first kappa shape index (κ1) is 22.1. The summed E-state index contributed by atoms with van der Waals surface area (Å²) in [5.74, 6) is -1.19. The number of nitrogens with zero attached hydrogens (tertiary/aromatic N) is 1. The molecule has 31 heavy (non-hydrogen) atoms. The fourth-order valence-electron chi connectivity index (χ4n) is 3.32. The van der Waals surface area contributed by atoms with Crippen LogP contribution in [0.2, 0.25) is 0 Å². The molecular weight excluding hydrogens is 400 g/mol. The number of fused-ring (bicyclic) bond motifs is 1. The van der Waals surface area contributed by atoms with E-state index in [1.54, 1.807) is 32.9 Å². The molecule has 0 radical (unpaired) electrons. The highest BCUT2D eigenvalue weighted by molar-refractivity contribution is 6.03. The van der Waals surface area contributed by atoms with Crippen molar-refractivity contribution in [2.24, 2.45) is 0 Å². The number of hydrogen-bond acceptors (Lipinski definition) is 5. The Labute approximate surface area is 180 Å². The zero-order valence-corrected chi connectivity index (χ0v) is 17.8. The molecule has 0 aromatic heterocycles. The molecule has 0 fully saturated rings. The molecule has 0 saturated heterocycles. The molecule has 0 saturated carbocycles. The van der Waals surface area contributed by atoms with Gasteiger partial charge in [0, 0.05) is 5.69 Å². The zero-order chi connectivity index (χ0) is 22.6. The lowest BCUT2D eigenvalue weighted by molar-refractivity contribution is -0.140. The second kappa shape index (κ2) is 9.07. The molecule has 2 aromatic rings. The van der Waals surface area contributed by atoms with E-state index in [2.05, 4.69) is 5.32 Å². The highest BCUT2D eigenvalue weighted by atomic mass is 16.6. The van der Waals surface area contributed by atoms with Crippen LogP contribution in [0.15, 0.2) is 48.5 Å². The van der Waals surface area contributed by atoms with Gasteiger partial charge >= 0.3 is 12.1 Å². The molecule has 0 bridgehead atoms. The molecule has 1 heterocycles. The molecule has 1 atom stereocenters. The number of nitrogens with one attached hydrogen (secondary N) is 1. The van der Waals surface area contributed by atoms with Crippen molar-refractivity contribution in [3.8, 4) is 5.75 Å². The summed E-state index contributed by atoms with van der Waals surface area (Å²) in [6.45, 7) is 4.99. The van der Waals surface area contributed by atoms with E-state index in [1.807, 2.05) is 30.3 Å². The highest BCUT2D eigenvalue weighted by Gasteiger charge is 2.36. The predicted molar refractivity (Wildman–Crippen MR) is 115 cm³/mol. The van der Waals surface area contributed by atoms with Crippen LogP contribution >= 0.6 is 0 Å². The third-order valence-corrected chi connectivity index (χ3v) is 4.63. The fourth-order valence-corrected chi connectivity index (χ4v) is 3.32. The summed E-state index contributed by atoms with van der Waals surface area (Å²) in [5, 5.41) is 12.5. The Balaban J connectivity index is 1.85. The number of anilines is 2. The van der Waals surface area contributed by atoms with Crippen molar-refractivity contribution < 1.29 is 29.0 Å². The monoisotopic (exact) mass is 426 g/mol. The Hall–Kier alpha value is -3.55. The van der Waals surface area contributed by atoms with Gasteiger partial charge in [0.15, 0.2) is 6.61 Å². The molecular formula is C23H26N2O6. The third-order valence-electron chi connectivity index (χ3n) is 4.63. The summed E-state index contributed by atoms with van der Waals surface area (Å²) >= 11 is 0. The van der Waals surface area contributed by atoms with Crippen molar-refractivity contribution in [2.45, 2.75) is 45.3 Å². The average Bonchev–Trinajstić information content (AvgIpc) is 2.68. The lowest BCUT2D eigenvalue weighted by atomic mass is 10.0. The SMILES string of the molecule is CC(C)(C)OC(=O)Nc1ccc2c(c1)N(C(CCc1ccccc1)C(=O)O)C(=O)CO2. The topological polar surface area (TPSA) is 105 Å². The van der Waals surface area contributed by atoms with Gasteiger partial charge in [-0.3, -0.25) is 15.0 Å². The largest absolute Gasteiger partial charge is 0.482 e. The molecule has 8 nitrogen and oxygen atoms in total. The van der Waals surface area contributed by atoms with Crippen molar-refractivity contribution in [3.05, 3.63) is 54.1 Å². The molecule has 2 aromatic carbocycles. The lowest BCUT2D eigenvalue weighted by Gasteiger charge is -2.34. The van der Waals surface area contributed by atoms with E-state index >= 15 is 0 Å². The molecule has 3 rings (SSSR count). The predicted octanol–water partition coefficient (Wildman–Crippen LogP) is 3.85. The maximum absolute atomic E-state index is 12.7. The van der Waals surface area contributed by atoms with E-state index < -0.39 is 29.6 Å². The molecule has 1 aliphatic heterocycles. The van der Waals surface area contributed by atoms with Crippen molar-refractivity contribution in [2.75, 3.05) is 16.8 Å². The van der Waals surface area contributed by atoms with Crippen LogP contribution in [0.3, 0.4) is 0 Å². The smallest absolute Gasteiger partial charge is 0.412 e. The Bertz CT molecular complexity index is 968. The number of hydrogen-bond donors (Lipinski definition) is 2. The van der Waals surface area contributed by atoms with Crippen molar-refractivity contribution in [1.82, 2.24) is 0 Å². The van der Waals surface area contributed by atoms with Crippen LogP contribution in [0.5, 0.6) is 5.75 Å². The molecule has 2 N–H and O–H groups in total. The van der Waals surface area contributed by atoms with Gasteiger partial charge in [-0.25, -0.2) is 9.59 Å². The fraction of sp³-hybridized carbons (Fsp3) is 0.348. The van der Waals surface area contributed by atoms with Crippen LogP contribution in [-0.4, -0.2) is 41.3 Å². The molecule has 164 valence electrons. The zero-order valence-electron chi connectivity index (χ0n) is 17.8. The van der Waals surface area contributed by atoms with Gasteiger partial charge in [0.05, 0.1) is 5.69 Å². The van der Waals surface area contributed by atoms with Gasteiger partial charge < -0.3 is 14.6 Å². The summed E-state index contributed by atoms with van der Waals surface area (Å²) in [5.41, 5.74) is 0.971. The minimum Gasteiger partial charge on any atom is -0.482 e. The first-order valence-corrected chi connectivity index (χ1v) is 10.00. The van der Waals surface area contributed by atoms with E-state index in [9.17, 15) is 19.5 Å².